The lowest BCUT2D eigenvalue weighted by Crippen LogP contribution is -2.47. The molecule has 0 aromatic heterocycles. The van der Waals surface area contributed by atoms with Crippen LogP contribution in [0.4, 0.5) is 5.69 Å². The first-order valence-corrected chi connectivity index (χ1v) is 13.5. The summed E-state index contributed by atoms with van der Waals surface area (Å²) in [5.74, 6) is -0.529. The second-order valence-corrected chi connectivity index (χ2v) is 10.3. The molecule has 39 heavy (non-hydrogen) atoms. The summed E-state index contributed by atoms with van der Waals surface area (Å²) in [6.07, 6.45) is 0. The maximum absolute atomic E-state index is 13.6. The number of carbonyl (C=O) groups is 2. The molecule has 2 amide bonds. The van der Waals surface area contributed by atoms with E-state index < -0.39 is 5.91 Å². The van der Waals surface area contributed by atoms with Gasteiger partial charge in [0.15, 0.2) is 0 Å². The Morgan fingerprint density at radius 2 is 1.56 bits per heavy atom. The molecule has 8 nitrogen and oxygen atoms in total. The van der Waals surface area contributed by atoms with E-state index in [0.29, 0.717) is 35.4 Å². The number of primary amides is 1. The van der Waals surface area contributed by atoms with Crippen molar-refractivity contribution in [1.82, 2.24) is 9.80 Å². The molecule has 10 heteroatoms. The molecular weight excluding hydrogens is 537 g/mol. The fourth-order valence-corrected chi connectivity index (χ4v) is 4.89. The Morgan fingerprint density at radius 1 is 0.949 bits per heavy atom. The molecule has 1 atom stereocenters. The Labute approximate surface area is 239 Å². The molecule has 1 unspecified atom stereocenters. The Bertz CT molecular complexity index is 1280. The standard InChI is InChI=1S/C29H33Cl2N5O3/c1-34(28(37)18-36(19-32)24-10-11-25(30)26(31)16-24)27(17-35-12-14-39-15-13-35)22-6-2-20(3-7-22)21-4-8-23(9-5-21)29(33)38/h2-11,16,27H,12-15,17-19,32H2,1H3,(H2,33,38). The first-order chi connectivity index (χ1) is 18.8. The van der Waals surface area contributed by atoms with Crippen LogP contribution >= 0.6 is 23.2 Å². The summed E-state index contributed by atoms with van der Waals surface area (Å²) in [6, 6.07) is 20.4. The number of carbonyl (C=O) groups excluding carboxylic acids is 2. The van der Waals surface area contributed by atoms with E-state index in [-0.39, 0.29) is 25.2 Å². The summed E-state index contributed by atoms with van der Waals surface area (Å²) < 4.78 is 5.53. The zero-order valence-electron chi connectivity index (χ0n) is 21.9. The summed E-state index contributed by atoms with van der Waals surface area (Å²) in [7, 11) is 1.83. The molecule has 1 aliphatic rings. The number of likely N-dealkylation sites (N-methyl/N-ethyl adjacent to an activating group) is 1. The quantitative estimate of drug-likeness (QED) is 0.357. The Morgan fingerprint density at radius 3 is 2.13 bits per heavy atom. The van der Waals surface area contributed by atoms with Gasteiger partial charge in [-0.05, 0) is 47.0 Å². The van der Waals surface area contributed by atoms with Gasteiger partial charge in [0.1, 0.15) is 0 Å². The number of morpholine rings is 1. The van der Waals surface area contributed by atoms with Gasteiger partial charge in [-0.3, -0.25) is 14.5 Å². The van der Waals surface area contributed by atoms with E-state index in [0.717, 1.165) is 35.5 Å². The zero-order chi connectivity index (χ0) is 27.9. The first-order valence-electron chi connectivity index (χ1n) is 12.7. The molecular formula is C29H33Cl2N5O3. The maximum Gasteiger partial charge on any atom is 0.248 e. The van der Waals surface area contributed by atoms with Gasteiger partial charge in [-0.1, -0.05) is 59.6 Å². The van der Waals surface area contributed by atoms with Crippen molar-refractivity contribution in [3.05, 3.63) is 87.9 Å². The smallest absolute Gasteiger partial charge is 0.248 e. The van der Waals surface area contributed by atoms with Gasteiger partial charge in [0, 0.05) is 37.9 Å². The van der Waals surface area contributed by atoms with Crippen molar-refractivity contribution in [2.24, 2.45) is 11.5 Å². The number of benzene rings is 3. The second-order valence-electron chi connectivity index (χ2n) is 9.48. The third-order valence-electron chi connectivity index (χ3n) is 7.01. The molecule has 4 N–H and O–H groups in total. The summed E-state index contributed by atoms with van der Waals surface area (Å²) >= 11 is 12.3. The highest BCUT2D eigenvalue weighted by Crippen LogP contribution is 2.29. The molecule has 3 aromatic carbocycles. The molecule has 1 aliphatic heterocycles. The second kappa shape index (κ2) is 13.3. The fourth-order valence-electron chi connectivity index (χ4n) is 4.60. The van der Waals surface area contributed by atoms with E-state index in [1.807, 2.05) is 43.4 Å². The number of hydrogen-bond donors (Lipinski definition) is 2. The number of ether oxygens (including phenoxy) is 1. The number of amides is 2. The molecule has 0 bridgehead atoms. The van der Waals surface area contributed by atoms with Crippen molar-refractivity contribution >= 4 is 40.7 Å². The maximum atomic E-state index is 13.6. The third kappa shape index (κ3) is 7.29. The minimum absolute atomic E-state index is 0.0732. The SMILES string of the molecule is CN(C(=O)CN(CN)c1ccc(Cl)c(Cl)c1)C(CN1CCOCC1)c1ccc(-c2ccc(C(N)=O)cc2)cc1. The lowest BCUT2D eigenvalue weighted by molar-refractivity contribution is -0.131. The van der Waals surface area contributed by atoms with Gasteiger partial charge in [0.2, 0.25) is 11.8 Å². The summed E-state index contributed by atoms with van der Waals surface area (Å²) in [6.45, 7) is 3.87. The number of halogens is 2. The average molecular weight is 571 g/mol. The average Bonchev–Trinajstić information content (AvgIpc) is 2.96. The molecule has 1 saturated heterocycles. The first kappa shape index (κ1) is 28.9. The van der Waals surface area contributed by atoms with Crippen LogP contribution < -0.4 is 16.4 Å². The lowest BCUT2D eigenvalue weighted by atomic mass is 9.98. The molecule has 4 rings (SSSR count). The summed E-state index contributed by atoms with van der Waals surface area (Å²) in [5, 5.41) is 0.849. The van der Waals surface area contributed by atoms with Crippen LogP contribution in [0.25, 0.3) is 11.1 Å². The van der Waals surface area contributed by atoms with Crippen molar-refractivity contribution in [2.45, 2.75) is 6.04 Å². The highest BCUT2D eigenvalue weighted by Gasteiger charge is 2.26. The van der Waals surface area contributed by atoms with Gasteiger partial charge in [-0.2, -0.15) is 0 Å². The minimum Gasteiger partial charge on any atom is -0.379 e. The number of hydrogen-bond acceptors (Lipinski definition) is 6. The van der Waals surface area contributed by atoms with Crippen LogP contribution in [0.3, 0.4) is 0 Å². The highest BCUT2D eigenvalue weighted by atomic mass is 35.5. The summed E-state index contributed by atoms with van der Waals surface area (Å²) in [4.78, 5) is 30.8. The predicted molar refractivity (Wildman–Crippen MR) is 156 cm³/mol. The van der Waals surface area contributed by atoms with E-state index in [2.05, 4.69) is 4.90 Å². The Kier molecular flexibility index (Phi) is 9.83. The zero-order valence-corrected chi connectivity index (χ0v) is 23.4. The lowest BCUT2D eigenvalue weighted by Gasteiger charge is -2.36. The van der Waals surface area contributed by atoms with Crippen molar-refractivity contribution in [2.75, 3.05) is 58.0 Å². The highest BCUT2D eigenvalue weighted by molar-refractivity contribution is 6.42. The van der Waals surface area contributed by atoms with E-state index in [1.165, 1.54) is 0 Å². The van der Waals surface area contributed by atoms with Crippen LogP contribution in [0.15, 0.2) is 66.7 Å². The third-order valence-corrected chi connectivity index (χ3v) is 7.75. The molecule has 1 fully saturated rings. The van der Waals surface area contributed by atoms with Crippen molar-refractivity contribution in [3.63, 3.8) is 0 Å². The fraction of sp³-hybridized carbons (Fsp3) is 0.310. The molecule has 0 saturated carbocycles. The van der Waals surface area contributed by atoms with Crippen LogP contribution in [-0.4, -0.2) is 74.7 Å². The van der Waals surface area contributed by atoms with Crippen molar-refractivity contribution < 1.29 is 14.3 Å². The molecule has 0 aliphatic carbocycles. The van der Waals surface area contributed by atoms with E-state index in [9.17, 15) is 9.59 Å². The molecule has 206 valence electrons. The normalized spacial score (nSPS) is 14.6. The summed E-state index contributed by atoms with van der Waals surface area (Å²) in [5.41, 5.74) is 15.6. The molecule has 3 aromatic rings. The van der Waals surface area contributed by atoms with E-state index in [4.69, 9.17) is 39.4 Å². The van der Waals surface area contributed by atoms with Gasteiger partial charge in [-0.15, -0.1) is 0 Å². The van der Waals surface area contributed by atoms with E-state index in [1.54, 1.807) is 40.1 Å². The Balaban J connectivity index is 1.55. The molecule has 0 spiro atoms. The largest absolute Gasteiger partial charge is 0.379 e. The van der Waals surface area contributed by atoms with Crippen LogP contribution in [0.5, 0.6) is 0 Å². The number of anilines is 1. The van der Waals surface area contributed by atoms with Crippen LogP contribution in [0, 0.1) is 0 Å². The monoisotopic (exact) mass is 569 g/mol. The van der Waals surface area contributed by atoms with Crippen molar-refractivity contribution in [3.8, 4) is 11.1 Å². The molecule has 1 heterocycles. The molecule has 0 radical (unpaired) electrons. The van der Waals surface area contributed by atoms with Gasteiger partial charge in [0.25, 0.3) is 0 Å². The minimum atomic E-state index is -0.456. The van der Waals surface area contributed by atoms with E-state index >= 15 is 0 Å². The number of nitrogens with two attached hydrogens (primary N) is 2. The van der Waals surface area contributed by atoms with Gasteiger partial charge in [-0.25, -0.2) is 0 Å². The Hall–Kier alpha value is -3.14. The predicted octanol–water partition coefficient (Wildman–Crippen LogP) is 4.01. The van der Waals surface area contributed by atoms with Gasteiger partial charge < -0.3 is 26.0 Å². The van der Waals surface area contributed by atoms with Crippen LogP contribution in [0.1, 0.15) is 22.0 Å². The van der Waals surface area contributed by atoms with Gasteiger partial charge in [0.05, 0.1) is 42.5 Å². The number of rotatable bonds is 10. The van der Waals surface area contributed by atoms with Crippen molar-refractivity contribution in [1.29, 1.82) is 0 Å². The van der Waals surface area contributed by atoms with Crippen LogP contribution in [0.2, 0.25) is 10.0 Å². The topological polar surface area (TPSA) is 105 Å². The number of nitrogens with zero attached hydrogens (tertiary/aromatic N) is 3. The van der Waals surface area contributed by atoms with Crippen LogP contribution in [-0.2, 0) is 9.53 Å². The van der Waals surface area contributed by atoms with Gasteiger partial charge >= 0.3 is 0 Å².